The lowest BCUT2D eigenvalue weighted by atomic mass is 9.52. The smallest absolute Gasteiger partial charge is 0.230 e. The van der Waals surface area contributed by atoms with Crippen LogP contribution < -0.4 is 5.32 Å². The molecule has 4 fully saturated rings. The van der Waals surface area contributed by atoms with Gasteiger partial charge in [-0.2, -0.15) is 0 Å². The summed E-state index contributed by atoms with van der Waals surface area (Å²) in [5.41, 5.74) is 1.29. The van der Waals surface area contributed by atoms with Crippen molar-refractivity contribution in [2.45, 2.75) is 69.9 Å². The zero-order valence-electron chi connectivity index (χ0n) is 15.0. The zero-order chi connectivity index (χ0) is 17.1. The Kier molecular flexibility index (Phi) is 3.58. The first-order valence-electron chi connectivity index (χ1n) is 9.37. The summed E-state index contributed by atoms with van der Waals surface area (Å²) in [4.78, 5) is 13.1. The van der Waals surface area contributed by atoms with Crippen LogP contribution in [0, 0.1) is 24.7 Å². The number of benzene rings is 1. The van der Waals surface area contributed by atoms with Gasteiger partial charge in [-0.05, 0) is 76.2 Å². The average molecular weight is 327 g/mol. The van der Waals surface area contributed by atoms with E-state index < -0.39 is 11.0 Å². The fourth-order valence-corrected chi connectivity index (χ4v) is 5.71. The van der Waals surface area contributed by atoms with Crippen LogP contribution in [0.4, 0.5) is 0 Å². The van der Waals surface area contributed by atoms with Gasteiger partial charge in [0, 0.05) is 6.04 Å². The van der Waals surface area contributed by atoms with Gasteiger partial charge in [-0.1, -0.05) is 29.8 Å². The summed E-state index contributed by atoms with van der Waals surface area (Å²) in [5, 5.41) is 14.1. The molecule has 3 nitrogen and oxygen atoms in total. The number of hydrogen-bond donors (Lipinski definition) is 2. The molecule has 4 aliphatic carbocycles. The molecule has 0 saturated heterocycles. The summed E-state index contributed by atoms with van der Waals surface area (Å²) in [6.45, 7) is 6.09. The van der Waals surface area contributed by atoms with Crippen molar-refractivity contribution in [2.75, 3.05) is 0 Å². The highest BCUT2D eigenvalue weighted by atomic mass is 16.3. The van der Waals surface area contributed by atoms with Crippen molar-refractivity contribution >= 4 is 5.91 Å². The third kappa shape index (κ3) is 2.57. The maximum atomic E-state index is 13.1. The molecule has 1 aromatic carbocycles. The summed E-state index contributed by atoms with van der Waals surface area (Å²) >= 11 is 0. The summed E-state index contributed by atoms with van der Waals surface area (Å²) in [6.07, 6.45) is 5.07. The molecule has 130 valence electrons. The molecule has 0 radical (unpaired) electrons. The maximum absolute atomic E-state index is 13.1. The first-order chi connectivity index (χ1) is 11.3. The van der Waals surface area contributed by atoms with Crippen LogP contribution in [-0.2, 0) is 10.2 Å². The van der Waals surface area contributed by atoms with Gasteiger partial charge in [-0.3, -0.25) is 4.79 Å². The Morgan fingerprint density at radius 1 is 1.21 bits per heavy atom. The van der Waals surface area contributed by atoms with Crippen LogP contribution >= 0.6 is 0 Å². The first-order valence-corrected chi connectivity index (χ1v) is 9.37. The number of carbonyl (C=O) groups excluding carboxylic acids is 1. The SMILES string of the molecule is Cc1cccc(C(C)(C)C(=O)N[C@H]2C3CC4CC2C[C@](O)(C4)C3)c1. The molecule has 2 N–H and O–H groups in total. The van der Waals surface area contributed by atoms with E-state index in [0.717, 1.165) is 24.8 Å². The van der Waals surface area contributed by atoms with Crippen molar-refractivity contribution in [1.82, 2.24) is 5.32 Å². The summed E-state index contributed by atoms with van der Waals surface area (Å²) in [6, 6.07) is 8.50. The molecule has 2 atom stereocenters. The second kappa shape index (κ2) is 5.32. The third-order valence-corrected chi connectivity index (χ3v) is 6.85. The molecule has 0 spiro atoms. The summed E-state index contributed by atoms with van der Waals surface area (Å²) in [5.74, 6) is 1.71. The van der Waals surface area contributed by atoms with Crippen LogP contribution in [0.2, 0.25) is 0 Å². The van der Waals surface area contributed by atoms with Crippen molar-refractivity contribution in [3.05, 3.63) is 35.4 Å². The molecule has 2 unspecified atom stereocenters. The molecule has 5 rings (SSSR count). The molecule has 0 aromatic heterocycles. The van der Waals surface area contributed by atoms with Crippen LogP contribution in [-0.4, -0.2) is 22.7 Å². The van der Waals surface area contributed by atoms with Gasteiger partial charge in [0.1, 0.15) is 0 Å². The number of nitrogens with one attached hydrogen (secondary N) is 1. The second-order valence-corrected chi connectivity index (χ2v) is 9.19. The summed E-state index contributed by atoms with van der Waals surface area (Å²) < 4.78 is 0. The molecule has 0 heterocycles. The van der Waals surface area contributed by atoms with Gasteiger partial charge in [-0.25, -0.2) is 0 Å². The highest BCUT2D eigenvalue weighted by molar-refractivity contribution is 5.87. The number of aliphatic hydroxyl groups is 1. The monoisotopic (exact) mass is 327 g/mol. The molecular weight excluding hydrogens is 298 g/mol. The highest BCUT2D eigenvalue weighted by Gasteiger charge is 2.55. The second-order valence-electron chi connectivity index (χ2n) is 9.19. The Morgan fingerprint density at radius 2 is 1.88 bits per heavy atom. The highest BCUT2D eigenvalue weighted by Crippen LogP contribution is 2.55. The predicted octanol–water partition coefficient (Wildman–Crippen LogP) is 3.33. The quantitative estimate of drug-likeness (QED) is 0.894. The lowest BCUT2D eigenvalue weighted by Gasteiger charge is -2.58. The number of hydrogen-bond acceptors (Lipinski definition) is 2. The zero-order valence-corrected chi connectivity index (χ0v) is 15.0. The van der Waals surface area contributed by atoms with Gasteiger partial charge >= 0.3 is 0 Å². The molecule has 24 heavy (non-hydrogen) atoms. The van der Waals surface area contributed by atoms with E-state index in [1.807, 2.05) is 26.0 Å². The Balaban J connectivity index is 1.52. The standard InChI is InChI=1S/C21H29NO2/c1-13-5-4-6-17(7-13)20(2,3)19(23)22-18-15-8-14-9-16(18)12-21(24,10-14)11-15/h4-7,14-16,18,24H,8-12H2,1-3H3,(H,22,23)/t14?,15?,16?,18-,21-. The van der Waals surface area contributed by atoms with E-state index in [4.69, 9.17) is 0 Å². The molecule has 1 aromatic rings. The minimum absolute atomic E-state index is 0.123. The van der Waals surface area contributed by atoms with Gasteiger partial charge in [0.2, 0.25) is 5.91 Å². The normalized spacial score (nSPS) is 37.5. The van der Waals surface area contributed by atoms with E-state index in [2.05, 4.69) is 24.4 Å². The predicted molar refractivity (Wildman–Crippen MR) is 94.6 cm³/mol. The van der Waals surface area contributed by atoms with Crippen LogP contribution in [0.5, 0.6) is 0 Å². The third-order valence-electron chi connectivity index (χ3n) is 6.85. The fraction of sp³-hybridized carbons (Fsp3) is 0.667. The van der Waals surface area contributed by atoms with E-state index in [-0.39, 0.29) is 11.9 Å². The van der Waals surface area contributed by atoms with Gasteiger partial charge < -0.3 is 10.4 Å². The minimum atomic E-state index is -0.530. The fourth-order valence-electron chi connectivity index (χ4n) is 5.71. The number of aryl methyl sites for hydroxylation is 1. The van der Waals surface area contributed by atoms with Crippen molar-refractivity contribution in [1.29, 1.82) is 0 Å². The molecule has 4 aliphatic rings. The molecule has 1 amide bonds. The van der Waals surface area contributed by atoms with Crippen molar-refractivity contribution < 1.29 is 9.90 Å². The average Bonchev–Trinajstić information content (AvgIpc) is 2.49. The van der Waals surface area contributed by atoms with E-state index >= 15 is 0 Å². The lowest BCUT2D eigenvalue weighted by molar-refractivity contribution is -0.148. The van der Waals surface area contributed by atoms with Crippen molar-refractivity contribution in [3.8, 4) is 0 Å². The van der Waals surface area contributed by atoms with Crippen LogP contribution in [0.25, 0.3) is 0 Å². The molecule has 4 saturated carbocycles. The van der Waals surface area contributed by atoms with E-state index in [1.165, 1.54) is 18.4 Å². The van der Waals surface area contributed by atoms with Gasteiger partial charge in [0.15, 0.2) is 0 Å². The number of carbonyl (C=O) groups is 1. The van der Waals surface area contributed by atoms with E-state index in [9.17, 15) is 9.90 Å². The Morgan fingerprint density at radius 3 is 2.46 bits per heavy atom. The largest absolute Gasteiger partial charge is 0.390 e. The van der Waals surface area contributed by atoms with E-state index in [0.29, 0.717) is 17.8 Å². The van der Waals surface area contributed by atoms with Crippen molar-refractivity contribution in [3.63, 3.8) is 0 Å². The Hall–Kier alpha value is -1.35. The van der Waals surface area contributed by atoms with Crippen LogP contribution in [0.3, 0.4) is 0 Å². The molecule has 3 heteroatoms. The molecule has 0 aliphatic heterocycles. The van der Waals surface area contributed by atoms with Gasteiger partial charge in [-0.15, -0.1) is 0 Å². The Labute approximate surface area is 144 Å². The minimum Gasteiger partial charge on any atom is -0.390 e. The van der Waals surface area contributed by atoms with Crippen molar-refractivity contribution in [2.24, 2.45) is 17.8 Å². The molecular formula is C21H29NO2. The first kappa shape index (κ1) is 16.1. The van der Waals surface area contributed by atoms with Gasteiger partial charge in [0.25, 0.3) is 0 Å². The molecule has 4 bridgehead atoms. The lowest BCUT2D eigenvalue weighted by Crippen LogP contribution is -2.62. The maximum Gasteiger partial charge on any atom is 0.230 e. The van der Waals surface area contributed by atoms with Crippen LogP contribution in [0.15, 0.2) is 24.3 Å². The number of amides is 1. The topological polar surface area (TPSA) is 49.3 Å². The van der Waals surface area contributed by atoms with E-state index in [1.54, 1.807) is 0 Å². The van der Waals surface area contributed by atoms with Crippen LogP contribution in [0.1, 0.15) is 57.1 Å². The summed E-state index contributed by atoms with van der Waals surface area (Å²) in [7, 11) is 0. The van der Waals surface area contributed by atoms with Gasteiger partial charge in [0.05, 0.1) is 11.0 Å². The number of rotatable bonds is 3. The Bertz CT molecular complexity index is 650.